The van der Waals surface area contributed by atoms with Gasteiger partial charge in [0.15, 0.2) is 11.6 Å². The van der Waals surface area contributed by atoms with Gasteiger partial charge >= 0.3 is 0 Å². The molecule has 0 aliphatic heterocycles. The molecule has 0 fully saturated rings. The van der Waals surface area contributed by atoms with Crippen molar-refractivity contribution in [2.45, 2.75) is 25.5 Å². The second-order valence-corrected chi connectivity index (χ2v) is 8.61. The number of thioether (sulfide) groups is 1. The summed E-state index contributed by atoms with van der Waals surface area (Å²) < 4.78 is 24.3. The molecule has 0 bridgehead atoms. The molecule has 0 heterocycles. The van der Waals surface area contributed by atoms with Gasteiger partial charge in [0.25, 0.3) is 0 Å². The van der Waals surface area contributed by atoms with Gasteiger partial charge in [0, 0.05) is 16.4 Å². The van der Waals surface area contributed by atoms with Crippen molar-refractivity contribution >= 4 is 28.4 Å². The van der Waals surface area contributed by atoms with Crippen LogP contribution in [0.4, 0.5) is 4.39 Å². The molecule has 0 amide bonds. The largest absolute Gasteiger partial charge is 0.496 e. The molecule has 0 saturated carbocycles. The maximum absolute atomic E-state index is 13.3. The number of hydrogen-bond donors (Lipinski definition) is 0. The molecule has 0 radical (unpaired) electrons. The van der Waals surface area contributed by atoms with Crippen LogP contribution in [0.25, 0.3) is 0 Å². The SMILES string of the molecule is COc1cc(C(CC=C(C)C)SC(=O)c2ccc(F)cc2)c(OC)c2c1C(=O)C=CC2=O. The summed E-state index contributed by atoms with van der Waals surface area (Å²) in [7, 11) is 2.84. The smallest absolute Gasteiger partial charge is 0.219 e. The highest BCUT2D eigenvalue weighted by Gasteiger charge is 2.32. The number of ether oxygens (including phenoxy) is 2. The van der Waals surface area contributed by atoms with Crippen molar-refractivity contribution in [3.63, 3.8) is 0 Å². The van der Waals surface area contributed by atoms with Gasteiger partial charge < -0.3 is 9.47 Å². The predicted molar refractivity (Wildman–Crippen MR) is 122 cm³/mol. The Hall–Kier alpha value is -3.19. The molecular weight excluding hydrogens is 431 g/mol. The number of halogens is 1. The molecule has 1 aliphatic rings. The van der Waals surface area contributed by atoms with E-state index in [0.717, 1.165) is 17.3 Å². The predicted octanol–water partition coefficient (Wildman–Crippen LogP) is 5.75. The van der Waals surface area contributed by atoms with E-state index in [2.05, 4.69) is 0 Å². The second kappa shape index (κ2) is 9.96. The van der Waals surface area contributed by atoms with Crippen molar-refractivity contribution in [3.05, 3.63) is 82.2 Å². The van der Waals surface area contributed by atoms with Gasteiger partial charge in [-0.1, -0.05) is 23.4 Å². The van der Waals surface area contributed by atoms with Crippen molar-refractivity contribution in [1.82, 2.24) is 0 Å². The van der Waals surface area contributed by atoms with E-state index in [1.807, 2.05) is 19.9 Å². The van der Waals surface area contributed by atoms with Crippen molar-refractivity contribution in [2.24, 2.45) is 0 Å². The Morgan fingerprint density at radius 3 is 2.22 bits per heavy atom. The van der Waals surface area contributed by atoms with E-state index in [1.165, 1.54) is 50.6 Å². The van der Waals surface area contributed by atoms with Gasteiger partial charge in [-0.3, -0.25) is 14.4 Å². The first-order chi connectivity index (χ1) is 15.3. The molecule has 1 atom stereocenters. The normalized spacial score (nSPS) is 13.4. The van der Waals surface area contributed by atoms with Crippen LogP contribution in [0, 0.1) is 5.82 Å². The third-order valence-corrected chi connectivity index (χ3v) is 6.17. The zero-order chi connectivity index (χ0) is 23.4. The molecule has 5 nitrogen and oxygen atoms in total. The van der Waals surface area contributed by atoms with Crippen LogP contribution in [0.2, 0.25) is 0 Å². The van der Waals surface area contributed by atoms with Gasteiger partial charge in [-0.25, -0.2) is 4.39 Å². The van der Waals surface area contributed by atoms with Gasteiger partial charge in [-0.05, 0) is 62.8 Å². The third-order valence-electron chi connectivity index (χ3n) is 4.99. The number of fused-ring (bicyclic) bond motifs is 1. The van der Waals surface area contributed by atoms with Gasteiger partial charge in [0.1, 0.15) is 17.3 Å². The fourth-order valence-corrected chi connectivity index (χ4v) is 4.47. The molecule has 0 spiro atoms. The van der Waals surface area contributed by atoms with E-state index in [1.54, 1.807) is 6.07 Å². The number of hydrogen-bond acceptors (Lipinski definition) is 6. The summed E-state index contributed by atoms with van der Waals surface area (Å²) in [6.45, 7) is 3.89. The van der Waals surface area contributed by atoms with Crippen LogP contribution < -0.4 is 9.47 Å². The van der Waals surface area contributed by atoms with E-state index in [0.29, 0.717) is 17.5 Å². The Morgan fingerprint density at radius 2 is 1.66 bits per heavy atom. The second-order valence-electron chi connectivity index (χ2n) is 7.43. The van der Waals surface area contributed by atoms with Crippen molar-refractivity contribution in [3.8, 4) is 11.5 Å². The molecule has 7 heteroatoms. The maximum Gasteiger partial charge on any atom is 0.219 e. The topological polar surface area (TPSA) is 69.7 Å². The molecule has 0 N–H and O–H groups in total. The summed E-state index contributed by atoms with van der Waals surface area (Å²) in [5, 5.41) is -0.691. The molecule has 0 saturated heterocycles. The lowest BCUT2D eigenvalue weighted by Gasteiger charge is -2.24. The van der Waals surface area contributed by atoms with Crippen LogP contribution in [-0.4, -0.2) is 30.9 Å². The van der Waals surface area contributed by atoms with E-state index in [4.69, 9.17) is 9.47 Å². The average Bonchev–Trinajstić information content (AvgIpc) is 2.78. The van der Waals surface area contributed by atoms with E-state index in [-0.39, 0.29) is 39.3 Å². The summed E-state index contributed by atoms with van der Waals surface area (Å²) in [5.41, 5.74) is 2.26. The summed E-state index contributed by atoms with van der Waals surface area (Å²) >= 11 is 1.04. The van der Waals surface area contributed by atoms with Gasteiger partial charge in [0.2, 0.25) is 5.12 Å². The van der Waals surface area contributed by atoms with Crippen LogP contribution in [0.3, 0.4) is 0 Å². The Bertz CT molecular complexity index is 1130. The molecule has 0 aromatic heterocycles. The van der Waals surface area contributed by atoms with Crippen LogP contribution >= 0.6 is 11.8 Å². The number of ketones is 2. The molecule has 2 aromatic rings. The highest BCUT2D eigenvalue weighted by Crippen LogP contribution is 2.46. The number of allylic oxidation sites excluding steroid dienone is 4. The zero-order valence-corrected chi connectivity index (χ0v) is 19.0. The summed E-state index contributed by atoms with van der Waals surface area (Å²) in [4.78, 5) is 38.2. The number of carbonyl (C=O) groups is 3. The zero-order valence-electron chi connectivity index (χ0n) is 18.2. The summed E-state index contributed by atoms with van der Waals surface area (Å²) in [6, 6.07) is 6.98. The minimum atomic E-state index is -0.439. The first-order valence-electron chi connectivity index (χ1n) is 9.92. The van der Waals surface area contributed by atoms with Crippen molar-refractivity contribution in [1.29, 1.82) is 0 Å². The lowest BCUT2D eigenvalue weighted by atomic mass is 9.89. The Balaban J connectivity index is 2.14. The van der Waals surface area contributed by atoms with Gasteiger partial charge in [0.05, 0.1) is 25.3 Å². The Kier molecular flexibility index (Phi) is 7.30. The van der Waals surface area contributed by atoms with Gasteiger partial charge in [-0.2, -0.15) is 0 Å². The van der Waals surface area contributed by atoms with Crippen LogP contribution in [0.1, 0.15) is 62.2 Å². The van der Waals surface area contributed by atoms with E-state index >= 15 is 0 Å². The summed E-state index contributed by atoms with van der Waals surface area (Å²) in [6.07, 6.45) is 4.86. The van der Waals surface area contributed by atoms with E-state index in [9.17, 15) is 18.8 Å². The van der Waals surface area contributed by atoms with Crippen LogP contribution in [-0.2, 0) is 0 Å². The number of rotatable bonds is 7. The third kappa shape index (κ3) is 4.83. The number of benzene rings is 2. The Morgan fingerprint density at radius 1 is 1.03 bits per heavy atom. The quantitative estimate of drug-likeness (QED) is 0.496. The number of carbonyl (C=O) groups excluding carboxylic acids is 3. The molecule has 1 aliphatic carbocycles. The van der Waals surface area contributed by atoms with Crippen LogP contribution in [0.15, 0.2) is 54.1 Å². The minimum Gasteiger partial charge on any atom is -0.496 e. The summed E-state index contributed by atoms with van der Waals surface area (Å²) in [5.74, 6) is -0.653. The molecule has 1 unspecified atom stereocenters. The molecule has 3 rings (SSSR count). The van der Waals surface area contributed by atoms with Gasteiger partial charge in [-0.15, -0.1) is 0 Å². The number of methoxy groups -OCH3 is 2. The van der Waals surface area contributed by atoms with Crippen molar-refractivity contribution in [2.75, 3.05) is 14.2 Å². The fourth-order valence-electron chi connectivity index (χ4n) is 3.44. The van der Waals surface area contributed by atoms with E-state index < -0.39 is 11.1 Å². The molecule has 166 valence electrons. The average molecular weight is 455 g/mol. The first kappa shape index (κ1) is 23.5. The first-order valence-corrected chi connectivity index (χ1v) is 10.8. The minimum absolute atomic E-state index is 0.131. The standard InChI is InChI=1S/C25H23FO5S/c1-14(2)5-12-21(32-25(29)15-6-8-16(26)9-7-15)17-13-20(30-3)22-18(27)10-11-19(28)23(22)24(17)31-4/h5-11,13,21H,12H2,1-4H3. The fraction of sp³-hybridized carbons (Fsp3) is 0.240. The van der Waals surface area contributed by atoms with Crippen molar-refractivity contribution < 1.29 is 28.2 Å². The molecule has 32 heavy (non-hydrogen) atoms. The lowest BCUT2D eigenvalue weighted by Crippen LogP contribution is -2.17. The lowest BCUT2D eigenvalue weighted by molar-refractivity contribution is 0.0988. The monoisotopic (exact) mass is 454 g/mol. The highest BCUT2D eigenvalue weighted by molar-refractivity contribution is 8.14. The molecule has 2 aromatic carbocycles. The Labute approximate surface area is 190 Å². The highest BCUT2D eigenvalue weighted by atomic mass is 32.2. The van der Waals surface area contributed by atoms with Crippen LogP contribution in [0.5, 0.6) is 11.5 Å². The molecular formula is C25H23FO5S. The maximum atomic E-state index is 13.3.